The minimum Gasteiger partial charge on any atom is -0.482 e. The fraction of sp³-hybridized carbons (Fsp3) is 0.0909. The summed E-state index contributed by atoms with van der Waals surface area (Å²) in [6.07, 6.45) is 5.99. The van der Waals surface area contributed by atoms with Crippen molar-refractivity contribution in [1.82, 2.24) is 19.9 Å². The largest absolute Gasteiger partial charge is 0.482 e. The summed E-state index contributed by atoms with van der Waals surface area (Å²) < 4.78 is 10.5. The summed E-state index contributed by atoms with van der Waals surface area (Å²) in [5, 5.41) is 0.319. The Bertz CT molecular complexity index is 672. The van der Waals surface area contributed by atoms with Crippen LogP contribution >= 0.6 is 11.6 Å². The highest BCUT2D eigenvalue weighted by molar-refractivity contribution is 6.33. The zero-order valence-corrected chi connectivity index (χ0v) is 9.83. The Morgan fingerprint density at radius 1 is 1.22 bits per heavy atom. The molecule has 0 saturated heterocycles. The molecule has 7 heteroatoms. The van der Waals surface area contributed by atoms with Gasteiger partial charge < -0.3 is 9.15 Å². The van der Waals surface area contributed by atoms with Crippen molar-refractivity contribution in [3.8, 4) is 5.75 Å². The second kappa shape index (κ2) is 4.58. The zero-order chi connectivity index (χ0) is 12.4. The Kier molecular flexibility index (Phi) is 2.77. The Balaban J connectivity index is 1.85. The lowest BCUT2D eigenvalue weighted by molar-refractivity contribution is 0.262. The van der Waals surface area contributed by atoms with E-state index in [2.05, 4.69) is 19.9 Å². The lowest BCUT2D eigenvalue weighted by atomic mass is 10.3. The highest BCUT2D eigenvalue weighted by Crippen LogP contribution is 2.21. The van der Waals surface area contributed by atoms with E-state index in [0.717, 1.165) is 0 Å². The van der Waals surface area contributed by atoms with Crippen molar-refractivity contribution in [3.63, 3.8) is 0 Å². The lowest BCUT2D eigenvalue weighted by Gasteiger charge is -2.04. The third-order valence-electron chi connectivity index (χ3n) is 2.25. The van der Waals surface area contributed by atoms with E-state index in [0.29, 0.717) is 27.8 Å². The molecule has 0 unspecified atom stereocenters. The number of aromatic nitrogens is 4. The molecule has 0 aliphatic rings. The molecular formula is C11H7ClN4O2. The van der Waals surface area contributed by atoms with Crippen LogP contribution in [0.1, 0.15) is 5.89 Å². The van der Waals surface area contributed by atoms with Crippen LogP contribution in [0.5, 0.6) is 5.75 Å². The first-order valence-corrected chi connectivity index (χ1v) is 5.48. The standard InChI is InChI=1S/C11H7ClN4O2/c12-11-10-8(15-6-16-11)3-7(4-14-10)18-5-9-13-1-2-17-9/h1-4,6H,5H2. The number of oxazole rings is 1. The molecule has 0 spiro atoms. The quantitative estimate of drug-likeness (QED) is 0.674. The Morgan fingerprint density at radius 2 is 2.17 bits per heavy atom. The van der Waals surface area contributed by atoms with Gasteiger partial charge in [0.2, 0.25) is 5.89 Å². The van der Waals surface area contributed by atoms with Crippen molar-refractivity contribution < 1.29 is 9.15 Å². The first-order valence-electron chi connectivity index (χ1n) is 5.10. The van der Waals surface area contributed by atoms with Gasteiger partial charge in [-0.3, -0.25) is 0 Å². The van der Waals surface area contributed by atoms with Crippen LogP contribution in [0.15, 0.2) is 35.5 Å². The number of fused-ring (bicyclic) bond motifs is 1. The molecule has 0 N–H and O–H groups in total. The van der Waals surface area contributed by atoms with Gasteiger partial charge >= 0.3 is 0 Å². The van der Waals surface area contributed by atoms with Crippen molar-refractivity contribution in [3.05, 3.63) is 42.1 Å². The van der Waals surface area contributed by atoms with E-state index >= 15 is 0 Å². The van der Waals surface area contributed by atoms with E-state index in [1.165, 1.54) is 12.6 Å². The molecule has 0 radical (unpaired) electrons. The summed E-state index contributed by atoms with van der Waals surface area (Å²) in [6.45, 7) is 0.235. The van der Waals surface area contributed by atoms with Gasteiger partial charge in [-0.15, -0.1) is 0 Å². The molecule has 3 aromatic rings. The van der Waals surface area contributed by atoms with Crippen LogP contribution < -0.4 is 4.74 Å². The van der Waals surface area contributed by atoms with Crippen LogP contribution in [0.2, 0.25) is 5.15 Å². The molecule has 0 atom stereocenters. The summed E-state index contributed by atoms with van der Waals surface area (Å²) >= 11 is 5.89. The van der Waals surface area contributed by atoms with Crippen LogP contribution in [0.25, 0.3) is 11.0 Å². The SMILES string of the molecule is Clc1ncnc2cc(OCc3ncco3)cnc12. The average molecular weight is 263 g/mol. The Hall–Kier alpha value is -2.21. The second-order valence-corrected chi connectivity index (χ2v) is 3.78. The van der Waals surface area contributed by atoms with Gasteiger partial charge in [-0.05, 0) is 0 Å². The third-order valence-corrected chi connectivity index (χ3v) is 2.53. The number of pyridine rings is 1. The first kappa shape index (κ1) is 10.9. The smallest absolute Gasteiger partial charge is 0.232 e. The minimum atomic E-state index is 0.235. The van der Waals surface area contributed by atoms with Gasteiger partial charge in [-0.1, -0.05) is 11.6 Å². The highest BCUT2D eigenvalue weighted by Gasteiger charge is 2.05. The van der Waals surface area contributed by atoms with Gasteiger partial charge in [0.1, 0.15) is 23.9 Å². The summed E-state index contributed by atoms with van der Waals surface area (Å²) in [7, 11) is 0. The molecule has 0 amide bonds. The maximum absolute atomic E-state index is 5.89. The second-order valence-electron chi connectivity index (χ2n) is 3.42. The number of hydrogen-bond donors (Lipinski definition) is 0. The molecule has 0 fully saturated rings. The molecule has 0 bridgehead atoms. The number of rotatable bonds is 3. The topological polar surface area (TPSA) is 73.9 Å². The summed E-state index contributed by atoms with van der Waals surface area (Å²) in [4.78, 5) is 16.0. The molecule has 3 heterocycles. The number of ether oxygens (including phenoxy) is 1. The van der Waals surface area contributed by atoms with Crippen LogP contribution in [0.4, 0.5) is 0 Å². The molecule has 90 valence electrons. The van der Waals surface area contributed by atoms with Gasteiger partial charge in [-0.2, -0.15) is 0 Å². The van der Waals surface area contributed by atoms with Gasteiger partial charge in [-0.25, -0.2) is 19.9 Å². The van der Waals surface area contributed by atoms with Crippen molar-refractivity contribution in [1.29, 1.82) is 0 Å². The Labute approximate surface area is 107 Å². The van der Waals surface area contributed by atoms with Gasteiger partial charge in [0, 0.05) is 6.07 Å². The molecule has 0 aliphatic heterocycles. The molecular weight excluding hydrogens is 256 g/mol. The maximum atomic E-state index is 5.89. The molecule has 0 aliphatic carbocycles. The third kappa shape index (κ3) is 2.10. The van der Waals surface area contributed by atoms with Crippen LogP contribution in [0.3, 0.4) is 0 Å². The minimum absolute atomic E-state index is 0.235. The molecule has 6 nitrogen and oxygen atoms in total. The predicted molar refractivity (Wildman–Crippen MR) is 63.2 cm³/mol. The summed E-state index contributed by atoms with van der Waals surface area (Å²) in [5.41, 5.74) is 1.17. The van der Waals surface area contributed by atoms with Crippen molar-refractivity contribution in [2.75, 3.05) is 0 Å². The highest BCUT2D eigenvalue weighted by atomic mass is 35.5. The van der Waals surface area contributed by atoms with Gasteiger partial charge in [0.15, 0.2) is 11.8 Å². The van der Waals surface area contributed by atoms with Gasteiger partial charge in [0.05, 0.1) is 17.9 Å². The fourth-order valence-electron chi connectivity index (χ4n) is 1.44. The van der Waals surface area contributed by atoms with Crippen LogP contribution in [0, 0.1) is 0 Å². The van der Waals surface area contributed by atoms with Crippen molar-refractivity contribution in [2.45, 2.75) is 6.61 Å². The molecule has 0 aromatic carbocycles. The number of halogens is 1. The predicted octanol–water partition coefficient (Wildman–Crippen LogP) is 2.25. The van der Waals surface area contributed by atoms with Crippen molar-refractivity contribution >= 4 is 22.6 Å². The number of nitrogens with zero attached hydrogens (tertiary/aromatic N) is 4. The summed E-state index contributed by atoms with van der Waals surface area (Å²) in [6, 6.07) is 1.73. The molecule has 3 aromatic heterocycles. The molecule has 18 heavy (non-hydrogen) atoms. The van der Waals surface area contributed by atoms with E-state index in [1.54, 1.807) is 18.5 Å². The summed E-state index contributed by atoms with van der Waals surface area (Å²) in [5.74, 6) is 1.06. The molecule has 0 saturated carbocycles. The first-order chi connectivity index (χ1) is 8.83. The van der Waals surface area contributed by atoms with Crippen molar-refractivity contribution in [2.24, 2.45) is 0 Å². The van der Waals surface area contributed by atoms with Gasteiger partial charge in [0.25, 0.3) is 0 Å². The lowest BCUT2D eigenvalue weighted by Crippen LogP contribution is -1.97. The maximum Gasteiger partial charge on any atom is 0.232 e. The zero-order valence-electron chi connectivity index (χ0n) is 9.08. The number of hydrogen-bond acceptors (Lipinski definition) is 6. The monoisotopic (exact) mass is 262 g/mol. The average Bonchev–Trinajstić information content (AvgIpc) is 2.90. The van der Waals surface area contributed by atoms with E-state index in [9.17, 15) is 0 Å². The van der Waals surface area contributed by atoms with Crippen LogP contribution in [-0.2, 0) is 6.61 Å². The van der Waals surface area contributed by atoms with E-state index in [1.807, 2.05) is 0 Å². The van der Waals surface area contributed by atoms with E-state index in [4.69, 9.17) is 20.8 Å². The fourth-order valence-corrected chi connectivity index (χ4v) is 1.63. The normalized spacial score (nSPS) is 10.7. The van der Waals surface area contributed by atoms with Crippen LogP contribution in [-0.4, -0.2) is 19.9 Å². The Morgan fingerprint density at radius 3 is 3.00 bits per heavy atom. The molecule has 3 rings (SSSR count). The van der Waals surface area contributed by atoms with E-state index in [-0.39, 0.29) is 6.61 Å². The van der Waals surface area contributed by atoms with E-state index < -0.39 is 0 Å².